The molecule has 106 valence electrons. The fourth-order valence-electron chi connectivity index (χ4n) is 1.48. The molecule has 0 fully saturated rings. The van der Waals surface area contributed by atoms with E-state index in [0.717, 1.165) is 6.42 Å². The molecule has 1 aromatic heterocycles. The van der Waals surface area contributed by atoms with Crippen molar-refractivity contribution in [3.05, 3.63) is 35.2 Å². The second-order valence-electron chi connectivity index (χ2n) is 4.37. The average molecular weight is 296 g/mol. The van der Waals surface area contributed by atoms with Crippen molar-refractivity contribution in [1.29, 1.82) is 0 Å². The van der Waals surface area contributed by atoms with Crippen LogP contribution in [0.2, 0.25) is 5.02 Å². The molecule has 1 heterocycles. The fourth-order valence-corrected chi connectivity index (χ4v) is 1.66. The highest BCUT2D eigenvalue weighted by atomic mass is 35.5. The number of anilines is 3. The van der Waals surface area contributed by atoms with Crippen molar-refractivity contribution in [1.82, 2.24) is 15.2 Å². The van der Waals surface area contributed by atoms with Crippen LogP contribution in [0.4, 0.5) is 21.8 Å². The van der Waals surface area contributed by atoms with Gasteiger partial charge in [0.1, 0.15) is 5.82 Å². The van der Waals surface area contributed by atoms with Gasteiger partial charge in [0.15, 0.2) is 5.82 Å². The van der Waals surface area contributed by atoms with E-state index in [2.05, 4.69) is 39.7 Å². The molecule has 0 amide bonds. The van der Waals surface area contributed by atoms with E-state index in [1.807, 2.05) is 0 Å². The zero-order valence-corrected chi connectivity index (χ0v) is 11.9. The van der Waals surface area contributed by atoms with Gasteiger partial charge in [0.05, 0.1) is 11.2 Å². The Labute approximate surface area is 121 Å². The quantitative estimate of drug-likeness (QED) is 0.882. The molecule has 5 nitrogen and oxygen atoms in total. The number of nitrogens with zero attached hydrogens (tertiary/aromatic N) is 3. The summed E-state index contributed by atoms with van der Waals surface area (Å²) in [5.41, 5.74) is 0.596. The summed E-state index contributed by atoms with van der Waals surface area (Å²) in [6.45, 7) is 4.13. The lowest BCUT2D eigenvalue weighted by molar-refractivity contribution is 0.628. The Morgan fingerprint density at radius 1 is 1.40 bits per heavy atom. The Morgan fingerprint density at radius 3 is 2.90 bits per heavy atom. The van der Waals surface area contributed by atoms with Crippen LogP contribution in [-0.4, -0.2) is 21.2 Å². The lowest BCUT2D eigenvalue weighted by atomic mass is 10.3. The van der Waals surface area contributed by atoms with Crippen molar-refractivity contribution in [3.8, 4) is 0 Å². The smallest absolute Gasteiger partial charge is 0.249 e. The summed E-state index contributed by atoms with van der Waals surface area (Å²) >= 11 is 5.72. The van der Waals surface area contributed by atoms with Gasteiger partial charge in [-0.05, 0) is 31.5 Å². The summed E-state index contributed by atoms with van der Waals surface area (Å²) in [6.07, 6.45) is 2.52. The van der Waals surface area contributed by atoms with Crippen LogP contribution in [0.3, 0.4) is 0 Å². The van der Waals surface area contributed by atoms with Crippen molar-refractivity contribution >= 4 is 29.1 Å². The van der Waals surface area contributed by atoms with E-state index in [4.69, 9.17) is 11.6 Å². The van der Waals surface area contributed by atoms with Crippen LogP contribution in [0.15, 0.2) is 24.4 Å². The van der Waals surface area contributed by atoms with Gasteiger partial charge in [0, 0.05) is 11.7 Å². The van der Waals surface area contributed by atoms with Crippen LogP contribution in [0.25, 0.3) is 0 Å². The fraction of sp³-hybridized carbons (Fsp3) is 0.308. The van der Waals surface area contributed by atoms with Crippen molar-refractivity contribution < 1.29 is 4.39 Å². The van der Waals surface area contributed by atoms with Gasteiger partial charge in [0.25, 0.3) is 0 Å². The third-order valence-corrected chi connectivity index (χ3v) is 3.03. The van der Waals surface area contributed by atoms with E-state index >= 15 is 0 Å². The summed E-state index contributed by atoms with van der Waals surface area (Å²) in [6, 6.07) is 4.59. The van der Waals surface area contributed by atoms with E-state index in [9.17, 15) is 4.39 Å². The molecule has 0 aliphatic heterocycles. The van der Waals surface area contributed by atoms with E-state index in [1.165, 1.54) is 12.1 Å². The Hall–Kier alpha value is -1.95. The Morgan fingerprint density at radius 2 is 2.20 bits per heavy atom. The molecule has 1 atom stereocenters. The highest BCUT2D eigenvalue weighted by Crippen LogP contribution is 2.21. The molecule has 0 radical (unpaired) electrons. The second kappa shape index (κ2) is 6.47. The van der Waals surface area contributed by atoms with Crippen LogP contribution < -0.4 is 10.6 Å². The lowest BCUT2D eigenvalue weighted by Crippen LogP contribution is -2.15. The number of nitrogens with one attached hydrogen (secondary N) is 2. The number of rotatable bonds is 5. The molecule has 7 heteroatoms. The first-order chi connectivity index (χ1) is 9.58. The minimum absolute atomic E-state index is 0.0387. The average Bonchev–Trinajstić information content (AvgIpc) is 2.43. The Balaban J connectivity index is 2.12. The van der Waals surface area contributed by atoms with Gasteiger partial charge in [-0.2, -0.15) is 10.1 Å². The van der Waals surface area contributed by atoms with Crippen LogP contribution in [0.1, 0.15) is 20.3 Å². The lowest BCUT2D eigenvalue weighted by Gasteiger charge is -2.12. The minimum Gasteiger partial charge on any atom is -0.366 e. The van der Waals surface area contributed by atoms with Gasteiger partial charge in [-0.1, -0.05) is 18.5 Å². The van der Waals surface area contributed by atoms with E-state index in [-0.39, 0.29) is 5.02 Å². The predicted octanol–water partition coefficient (Wildman–Crippen LogP) is 3.62. The maximum atomic E-state index is 13.1. The minimum atomic E-state index is -0.469. The first kappa shape index (κ1) is 14.5. The molecule has 0 saturated heterocycles. The maximum Gasteiger partial charge on any atom is 0.249 e. The number of halogens is 2. The number of hydrogen-bond donors (Lipinski definition) is 2. The van der Waals surface area contributed by atoms with Gasteiger partial charge in [-0.3, -0.25) is 0 Å². The van der Waals surface area contributed by atoms with E-state index in [0.29, 0.717) is 23.5 Å². The molecule has 0 aliphatic carbocycles. The number of aromatic nitrogens is 3. The molecule has 2 rings (SSSR count). The summed E-state index contributed by atoms with van der Waals surface area (Å²) in [5.74, 6) is 0.481. The van der Waals surface area contributed by atoms with Crippen molar-refractivity contribution in [2.75, 3.05) is 10.6 Å². The van der Waals surface area contributed by atoms with Gasteiger partial charge >= 0.3 is 0 Å². The van der Waals surface area contributed by atoms with Crippen molar-refractivity contribution in [2.24, 2.45) is 0 Å². The van der Waals surface area contributed by atoms with Crippen LogP contribution in [-0.2, 0) is 0 Å². The van der Waals surface area contributed by atoms with Gasteiger partial charge in [0.2, 0.25) is 5.95 Å². The Kier molecular flexibility index (Phi) is 4.68. The summed E-state index contributed by atoms with van der Waals surface area (Å²) in [4.78, 5) is 4.28. The molecular weight excluding hydrogens is 281 g/mol. The molecule has 1 aromatic carbocycles. The topological polar surface area (TPSA) is 62.7 Å². The van der Waals surface area contributed by atoms with Gasteiger partial charge in [-0.25, -0.2) is 4.39 Å². The predicted molar refractivity (Wildman–Crippen MR) is 77.9 cm³/mol. The zero-order chi connectivity index (χ0) is 14.5. The molecule has 2 aromatic rings. The first-order valence-corrected chi connectivity index (χ1v) is 6.64. The highest BCUT2D eigenvalue weighted by Gasteiger charge is 2.05. The largest absolute Gasteiger partial charge is 0.366 e. The SMILES string of the molecule is CCC(C)Nc1cnnc(Nc2ccc(F)c(Cl)c2)n1. The number of hydrogen-bond acceptors (Lipinski definition) is 5. The summed E-state index contributed by atoms with van der Waals surface area (Å²) < 4.78 is 13.1. The summed E-state index contributed by atoms with van der Waals surface area (Å²) in [7, 11) is 0. The molecule has 0 bridgehead atoms. The zero-order valence-electron chi connectivity index (χ0n) is 11.2. The van der Waals surface area contributed by atoms with Crippen LogP contribution >= 0.6 is 11.6 Å². The maximum absolute atomic E-state index is 13.1. The third-order valence-electron chi connectivity index (χ3n) is 2.74. The monoisotopic (exact) mass is 295 g/mol. The van der Waals surface area contributed by atoms with E-state index < -0.39 is 5.82 Å². The molecule has 20 heavy (non-hydrogen) atoms. The normalized spacial score (nSPS) is 12.0. The van der Waals surface area contributed by atoms with E-state index in [1.54, 1.807) is 12.3 Å². The molecular formula is C13H15ClFN5. The molecule has 0 spiro atoms. The first-order valence-electron chi connectivity index (χ1n) is 6.27. The summed E-state index contributed by atoms with van der Waals surface area (Å²) in [5, 5.41) is 13.9. The standard InChI is InChI=1S/C13H15ClFN5/c1-3-8(2)17-12-7-16-20-13(19-12)18-9-4-5-11(15)10(14)6-9/h4-8H,3H2,1-2H3,(H2,17,18,19,20). The van der Waals surface area contributed by atoms with Crippen molar-refractivity contribution in [2.45, 2.75) is 26.3 Å². The van der Waals surface area contributed by atoms with Gasteiger partial charge in [-0.15, -0.1) is 5.10 Å². The molecule has 0 aliphatic rings. The molecule has 2 N–H and O–H groups in total. The third kappa shape index (κ3) is 3.77. The van der Waals surface area contributed by atoms with Crippen LogP contribution in [0.5, 0.6) is 0 Å². The Bertz CT molecular complexity index is 593. The van der Waals surface area contributed by atoms with Gasteiger partial charge < -0.3 is 10.6 Å². The number of benzene rings is 1. The van der Waals surface area contributed by atoms with Crippen molar-refractivity contribution in [3.63, 3.8) is 0 Å². The molecule has 1 unspecified atom stereocenters. The van der Waals surface area contributed by atoms with Crippen LogP contribution in [0, 0.1) is 5.82 Å². The highest BCUT2D eigenvalue weighted by molar-refractivity contribution is 6.31. The molecule has 0 saturated carbocycles. The second-order valence-corrected chi connectivity index (χ2v) is 4.78.